The number of nitrogens with zero attached hydrogens (tertiary/aromatic N) is 1. The first kappa shape index (κ1) is 14.1. The van der Waals surface area contributed by atoms with Gasteiger partial charge in [-0.1, -0.05) is 30.3 Å². The molecular formula is C14H15NO2S2. The minimum Gasteiger partial charge on any atom is -0.468 e. The van der Waals surface area contributed by atoms with E-state index in [0.29, 0.717) is 5.75 Å². The van der Waals surface area contributed by atoms with Crippen molar-refractivity contribution < 1.29 is 9.53 Å². The Kier molecular flexibility index (Phi) is 5.42. The second kappa shape index (κ2) is 7.31. The molecule has 0 radical (unpaired) electrons. The van der Waals surface area contributed by atoms with Crippen molar-refractivity contribution in [2.75, 3.05) is 18.6 Å². The van der Waals surface area contributed by atoms with Gasteiger partial charge in [0.25, 0.3) is 0 Å². The SMILES string of the molecule is COC(=O)CSCCc1nc(-c2ccccc2)cs1. The summed E-state index contributed by atoms with van der Waals surface area (Å²) in [6.07, 6.45) is 0.888. The molecule has 0 unspecified atom stereocenters. The summed E-state index contributed by atoms with van der Waals surface area (Å²) >= 11 is 3.25. The highest BCUT2D eigenvalue weighted by molar-refractivity contribution is 7.99. The van der Waals surface area contributed by atoms with Gasteiger partial charge in [-0.15, -0.1) is 23.1 Å². The zero-order valence-electron chi connectivity index (χ0n) is 10.7. The number of aromatic nitrogens is 1. The summed E-state index contributed by atoms with van der Waals surface area (Å²) in [4.78, 5) is 15.6. The van der Waals surface area contributed by atoms with Crippen LogP contribution in [0.4, 0.5) is 0 Å². The molecule has 0 atom stereocenters. The van der Waals surface area contributed by atoms with Gasteiger partial charge in [0.1, 0.15) is 0 Å². The summed E-state index contributed by atoms with van der Waals surface area (Å²) in [6, 6.07) is 10.1. The van der Waals surface area contributed by atoms with Crippen molar-refractivity contribution >= 4 is 29.1 Å². The molecule has 2 aromatic rings. The van der Waals surface area contributed by atoms with Gasteiger partial charge >= 0.3 is 5.97 Å². The molecule has 100 valence electrons. The largest absolute Gasteiger partial charge is 0.468 e. The number of methoxy groups -OCH3 is 1. The molecule has 0 amide bonds. The van der Waals surface area contributed by atoms with Gasteiger partial charge in [-0.25, -0.2) is 4.98 Å². The Bertz CT molecular complexity index is 525. The van der Waals surface area contributed by atoms with Crippen molar-refractivity contribution in [3.05, 3.63) is 40.7 Å². The number of thioether (sulfide) groups is 1. The highest BCUT2D eigenvalue weighted by Crippen LogP contribution is 2.22. The van der Waals surface area contributed by atoms with E-state index in [1.54, 1.807) is 23.1 Å². The van der Waals surface area contributed by atoms with E-state index in [9.17, 15) is 4.79 Å². The minimum absolute atomic E-state index is 0.172. The van der Waals surface area contributed by atoms with E-state index in [-0.39, 0.29) is 5.97 Å². The lowest BCUT2D eigenvalue weighted by Crippen LogP contribution is -2.04. The maximum atomic E-state index is 11.0. The van der Waals surface area contributed by atoms with Gasteiger partial charge < -0.3 is 4.74 Å². The Balaban J connectivity index is 1.83. The molecule has 0 aliphatic carbocycles. The van der Waals surface area contributed by atoms with Crippen molar-refractivity contribution in [1.29, 1.82) is 0 Å². The lowest BCUT2D eigenvalue weighted by atomic mass is 10.2. The van der Waals surface area contributed by atoms with Crippen LogP contribution in [0, 0.1) is 0 Å². The Morgan fingerprint density at radius 2 is 2.16 bits per heavy atom. The van der Waals surface area contributed by atoms with Crippen LogP contribution in [-0.4, -0.2) is 29.6 Å². The molecule has 2 rings (SSSR count). The van der Waals surface area contributed by atoms with Crippen molar-refractivity contribution in [2.24, 2.45) is 0 Å². The summed E-state index contributed by atoms with van der Waals surface area (Å²) in [7, 11) is 1.41. The second-order valence-electron chi connectivity index (χ2n) is 3.87. The lowest BCUT2D eigenvalue weighted by molar-refractivity contribution is -0.137. The Morgan fingerprint density at radius 1 is 1.37 bits per heavy atom. The standard InChI is InChI=1S/C14H15NO2S2/c1-17-14(16)10-18-8-7-13-15-12(9-19-13)11-5-3-2-4-6-11/h2-6,9H,7-8,10H2,1H3. The predicted octanol–water partition coefficient (Wildman–Crippen LogP) is 3.26. The van der Waals surface area contributed by atoms with E-state index in [4.69, 9.17) is 0 Å². The normalized spacial score (nSPS) is 10.4. The van der Waals surface area contributed by atoms with Gasteiger partial charge in [-0.2, -0.15) is 0 Å². The number of aryl methyl sites for hydroxylation is 1. The first-order valence-corrected chi connectivity index (χ1v) is 7.97. The third-order valence-corrected chi connectivity index (χ3v) is 4.37. The molecule has 0 fully saturated rings. The summed E-state index contributed by atoms with van der Waals surface area (Å²) in [5.41, 5.74) is 2.17. The van der Waals surface area contributed by atoms with Crippen LogP contribution in [0.25, 0.3) is 11.3 Å². The van der Waals surface area contributed by atoms with Gasteiger partial charge in [0.05, 0.1) is 23.6 Å². The molecule has 0 aliphatic heterocycles. The van der Waals surface area contributed by atoms with Gasteiger partial charge in [-0.05, 0) is 0 Å². The quantitative estimate of drug-likeness (QED) is 0.605. The number of benzene rings is 1. The van der Waals surface area contributed by atoms with Gasteiger partial charge in [0.2, 0.25) is 0 Å². The van der Waals surface area contributed by atoms with Crippen LogP contribution in [0.5, 0.6) is 0 Å². The van der Waals surface area contributed by atoms with Crippen molar-refractivity contribution in [3.63, 3.8) is 0 Å². The summed E-state index contributed by atoms with van der Waals surface area (Å²) in [5, 5.41) is 3.19. The van der Waals surface area contributed by atoms with Crippen LogP contribution in [0.1, 0.15) is 5.01 Å². The van der Waals surface area contributed by atoms with Crippen LogP contribution >= 0.6 is 23.1 Å². The summed E-state index contributed by atoms with van der Waals surface area (Å²) in [6.45, 7) is 0. The van der Waals surface area contributed by atoms with E-state index in [1.807, 2.05) is 18.2 Å². The molecule has 5 heteroatoms. The van der Waals surface area contributed by atoms with E-state index >= 15 is 0 Å². The average molecular weight is 293 g/mol. The molecular weight excluding hydrogens is 278 g/mol. The maximum absolute atomic E-state index is 11.0. The maximum Gasteiger partial charge on any atom is 0.315 e. The number of esters is 1. The van der Waals surface area contributed by atoms with Gasteiger partial charge in [0.15, 0.2) is 0 Å². The molecule has 0 saturated heterocycles. The zero-order chi connectivity index (χ0) is 13.5. The Morgan fingerprint density at radius 3 is 2.89 bits per heavy atom. The smallest absolute Gasteiger partial charge is 0.315 e. The first-order valence-electron chi connectivity index (χ1n) is 5.94. The fourth-order valence-electron chi connectivity index (χ4n) is 1.54. The molecule has 1 aromatic heterocycles. The lowest BCUT2D eigenvalue weighted by Gasteiger charge is -1.98. The predicted molar refractivity (Wildman–Crippen MR) is 80.6 cm³/mol. The third kappa shape index (κ3) is 4.36. The molecule has 19 heavy (non-hydrogen) atoms. The fourth-order valence-corrected chi connectivity index (χ4v) is 3.24. The van der Waals surface area contributed by atoms with Crippen molar-refractivity contribution in [3.8, 4) is 11.3 Å². The molecule has 1 aromatic carbocycles. The van der Waals surface area contributed by atoms with Gasteiger partial charge in [0, 0.05) is 23.1 Å². The fraction of sp³-hybridized carbons (Fsp3) is 0.286. The topological polar surface area (TPSA) is 39.2 Å². The molecule has 0 aliphatic rings. The Labute approximate surface area is 121 Å². The number of hydrogen-bond acceptors (Lipinski definition) is 5. The van der Waals surface area contributed by atoms with E-state index < -0.39 is 0 Å². The first-order chi connectivity index (χ1) is 9.29. The number of carbonyl (C=O) groups excluding carboxylic acids is 1. The van der Waals surface area contributed by atoms with E-state index in [2.05, 4.69) is 27.2 Å². The minimum atomic E-state index is -0.172. The number of ether oxygens (including phenoxy) is 1. The highest BCUT2D eigenvalue weighted by atomic mass is 32.2. The molecule has 0 saturated carbocycles. The van der Waals surface area contributed by atoms with Crippen molar-refractivity contribution in [2.45, 2.75) is 6.42 Å². The highest BCUT2D eigenvalue weighted by Gasteiger charge is 2.05. The molecule has 1 heterocycles. The molecule has 0 spiro atoms. The molecule has 3 nitrogen and oxygen atoms in total. The van der Waals surface area contributed by atoms with E-state index in [1.165, 1.54) is 7.11 Å². The summed E-state index contributed by atoms with van der Waals surface area (Å²) in [5.74, 6) is 1.12. The van der Waals surface area contributed by atoms with Crippen LogP contribution in [0.2, 0.25) is 0 Å². The van der Waals surface area contributed by atoms with Crippen LogP contribution in [-0.2, 0) is 16.0 Å². The van der Waals surface area contributed by atoms with E-state index in [0.717, 1.165) is 28.4 Å². The Hall–Kier alpha value is -1.33. The number of hydrogen-bond donors (Lipinski definition) is 0. The van der Waals surface area contributed by atoms with Crippen molar-refractivity contribution in [1.82, 2.24) is 4.98 Å². The average Bonchev–Trinajstić information content (AvgIpc) is 2.93. The zero-order valence-corrected chi connectivity index (χ0v) is 12.3. The monoisotopic (exact) mass is 293 g/mol. The summed E-state index contributed by atoms with van der Waals surface area (Å²) < 4.78 is 4.59. The van der Waals surface area contributed by atoms with Crippen LogP contribution in [0.15, 0.2) is 35.7 Å². The third-order valence-electron chi connectivity index (χ3n) is 2.53. The number of carbonyl (C=O) groups is 1. The number of thiazole rings is 1. The van der Waals surface area contributed by atoms with Crippen LogP contribution < -0.4 is 0 Å². The van der Waals surface area contributed by atoms with Crippen LogP contribution in [0.3, 0.4) is 0 Å². The molecule has 0 N–H and O–H groups in total. The number of rotatable bonds is 6. The second-order valence-corrected chi connectivity index (χ2v) is 5.92. The molecule has 0 bridgehead atoms. The van der Waals surface area contributed by atoms with Gasteiger partial charge in [-0.3, -0.25) is 4.79 Å².